The van der Waals surface area contributed by atoms with Crippen molar-refractivity contribution in [1.82, 2.24) is 5.32 Å². The fourth-order valence-corrected chi connectivity index (χ4v) is 3.26. The van der Waals surface area contributed by atoms with Gasteiger partial charge in [0, 0.05) is 17.0 Å². The number of amides is 1. The molecule has 3 rings (SSSR count). The number of hydrogen-bond donors (Lipinski definition) is 1. The Balaban J connectivity index is 1.76. The lowest BCUT2D eigenvalue weighted by Crippen LogP contribution is -2.46. The second-order valence-corrected chi connectivity index (χ2v) is 7.21. The molecule has 1 fully saturated rings. The van der Waals surface area contributed by atoms with Gasteiger partial charge in [-0.05, 0) is 20.8 Å². The second-order valence-electron chi connectivity index (χ2n) is 7.21. The van der Waals surface area contributed by atoms with Gasteiger partial charge >= 0.3 is 6.09 Å². The van der Waals surface area contributed by atoms with Crippen molar-refractivity contribution in [2.45, 2.75) is 32.4 Å². The number of ketones is 2. The summed E-state index contributed by atoms with van der Waals surface area (Å²) >= 11 is 0. The minimum atomic E-state index is -0.801. The maximum absolute atomic E-state index is 12.6. The number of ether oxygens (including phenoxy) is 2. The fraction of sp³-hybridized carbons (Fsp3) is 0.500. The number of alkyl carbamates (subject to hydrolysis) is 1. The van der Waals surface area contributed by atoms with Crippen molar-refractivity contribution in [3.05, 3.63) is 35.4 Å². The van der Waals surface area contributed by atoms with Crippen LogP contribution in [0.4, 0.5) is 4.79 Å². The van der Waals surface area contributed by atoms with E-state index in [9.17, 15) is 14.4 Å². The Morgan fingerprint density at radius 3 is 2.25 bits per heavy atom. The molecule has 0 spiro atoms. The van der Waals surface area contributed by atoms with Gasteiger partial charge < -0.3 is 14.8 Å². The van der Waals surface area contributed by atoms with Crippen LogP contribution in [0.15, 0.2) is 24.3 Å². The van der Waals surface area contributed by atoms with Crippen molar-refractivity contribution in [3.63, 3.8) is 0 Å². The lowest BCUT2D eigenvalue weighted by atomic mass is 9.84. The van der Waals surface area contributed by atoms with Crippen LogP contribution in [-0.2, 0) is 9.47 Å². The number of fused-ring (bicyclic) bond motifs is 1. The van der Waals surface area contributed by atoms with Gasteiger partial charge in [-0.1, -0.05) is 24.3 Å². The first-order chi connectivity index (χ1) is 11.3. The predicted molar refractivity (Wildman–Crippen MR) is 86.1 cm³/mol. The molecule has 0 aromatic heterocycles. The van der Waals surface area contributed by atoms with Gasteiger partial charge in [0.1, 0.15) is 5.60 Å². The van der Waals surface area contributed by atoms with Crippen LogP contribution < -0.4 is 5.32 Å². The van der Waals surface area contributed by atoms with Gasteiger partial charge in [0.2, 0.25) is 0 Å². The molecule has 0 bridgehead atoms. The van der Waals surface area contributed by atoms with Crippen LogP contribution in [0.3, 0.4) is 0 Å². The van der Waals surface area contributed by atoms with Crippen molar-refractivity contribution >= 4 is 17.7 Å². The number of nitrogens with one attached hydrogen (secondary N) is 1. The highest BCUT2D eigenvalue weighted by molar-refractivity contribution is 6.26. The molecule has 2 aliphatic rings. The van der Waals surface area contributed by atoms with Crippen molar-refractivity contribution in [1.29, 1.82) is 0 Å². The molecule has 128 valence electrons. The van der Waals surface area contributed by atoms with E-state index in [4.69, 9.17) is 9.47 Å². The lowest BCUT2D eigenvalue weighted by Gasteiger charge is -2.25. The van der Waals surface area contributed by atoms with E-state index >= 15 is 0 Å². The van der Waals surface area contributed by atoms with Gasteiger partial charge in [-0.2, -0.15) is 0 Å². The summed E-state index contributed by atoms with van der Waals surface area (Å²) in [6.07, 6.45) is -0.571. The maximum Gasteiger partial charge on any atom is 0.407 e. The molecule has 1 saturated heterocycles. The normalized spacial score (nSPS) is 24.1. The summed E-state index contributed by atoms with van der Waals surface area (Å²) in [7, 11) is 0. The van der Waals surface area contributed by atoms with E-state index in [1.54, 1.807) is 45.0 Å². The van der Waals surface area contributed by atoms with E-state index in [-0.39, 0.29) is 30.7 Å². The molecule has 1 N–H and O–H groups in total. The van der Waals surface area contributed by atoms with Crippen LogP contribution in [0.1, 0.15) is 41.5 Å². The third-order valence-corrected chi connectivity index (χ3v) is 4.28. The van der Waals surface area contributed by atoms with Crippen molar-refractivity contribution in [2.24, 2.45) is 11.8 Å². The molecule has 2 atom stereocenters. The molecule has 6 heteroatoms. The number of carbonyl (C=O) groups is 3. The second kappa shape index (κ2) is 6.02. The van der Waals surface area contributed by atoms with Crippen LogP contribution in [-0.4, -0.2) is 42.5 Å². The van der Waals surface area contributed by atoms with Crippen LogP contribution in [0.2, 0.25) is 0 Å². The topological polar surface area (TPSA) is 81.7 Å². The highest BCUT2D eigenvalue weighted by Crippen LogP contribution is 2.35. The minimum Gasteiger partial charge on any atom is -0.444 e. The van der Waals surface area contributed by atoms with Gasteiger partial charge in [-0.25, -0.2) is 4.79 Å². The standard InChI is InChI=1S/C18H21NO5/c1-18(2,3)24-17(22)19-13-9-23-8-12(13)14-15(20)10-6-4-5-7-11(10)16(14)21/h4-7,12-14H,8-9H2,1-3H3,(H,19,22). The van der Waals surface area contributed by atoms with Crippen LogP contribution in [0, 0.1) is 11.8 Å². The van der Waals surface area contributed by atoms with E-state index in [1.165, 1.54) is 0 Å². The zero-order valence-corrected chi connectivity index (χ0v) is 14.0. The summed E-state index contributed by atoms with van der Waals surface area (Å²) in [5.74, 6) is -1.57. The van der Waals surface area contributed by atoms with Gasteiger partial charge in [-0.3, -0.25) is 9.59 Å². The summed E-state index contributed by atoms with van der Waals surface area (Å²) < 4.78 is 10.7. The monoisotopic (exact) mass is 331 g/mol. The number of benzene rings is 1. The number of hydrogen-bond acceptors (Lipinski definition) is 5. The summed E-state index contributed by atoms with van der Waals surface area (Å²) in [5.41, 5.74) is 0.291. The van der Waals surface area contributed by atoms with E-state index in [0.29, 0.717) is 11.1 Å². The van der Waals surface area contributed by atoms with Gasteiger partial charge in [0.25, 0.3) is 0 Å². The quantitative estimate of drug-likeness (QED) is 0.840. The highest BCUT2D eigenvalue weighted by Gasteiger charge is 2.48. The molecule has 1 aromatic carbocycles. The number of Topliss-reactive ketones (excluding diaryl/α,β-unsaturated/α-hetero) is 2. The Morgan fingerprint density at radius 2 is 1.71 bits per heavy atom. The van der Waals surface area contributed by atoms with E-state index < -0.39 is 23.7 Å². The van der Waals surface area contributed by atoms with Crippen molar-refractivity contribution < 1.29 is 23.9 Å². The van der Waals surface area contributed by atoms with E-state index in [0.717, 1.165) is 0 Å². The summed E-state index contributed by atoms with van der Waals surface area (Å²) in [6.45, 7) is 5.84. The first-order valence-electron chi connectivity index (χ1n) is 8.02. The Kier molecular flexibility index (Phi) is 4.17. The third-order valence-electron chi connectivity index (χ3n) is 4.28. The molecule has 1 aliphatic carbocycles. The molecule has 1 amide bonds. The fourth-order valence-electron chi connectivity index (χ4n) is 3.26. The van der Waals surface area contributed by atoms with Crippen LogP contribution in [0.5, 0.6) is 0 Å². The molecular weight excluding hydrogens is 310 g/mol. The van der Waals surface area contributed by atoms with Crippen molar-refractivity contribution in [2.75, 3.05) is 13.2 Å². The summed E-state index contributed by atoms with van der Waals surface area (Å²) in [4.78, 5) is 37.3. The first-order valence-corrected chi connectivity index (χ1v) is 8.02. The molecular formula is C18H21NO5. The smallest absolute Gasteiger partial charge is 0.407 e. The van der Waals surface area contributed by atoms with Gasteiger partial charge in [0.05, 0.1) is 25.2 Å². The molecule has 0 saturated carbocycles. The molecule has 2 unspecified atom stereocenters. The summed E-state index contributed by atoms with van der Waals surface area (Å²) in [6, 6.07) is 6.40. The van der Waals surface area contributed by atoms with Crippen molar-refractivity contribution in [3.8, 4) is 0 Å². The van der Waals surface area contributed by atoms with Crippen LogP contribution >= 0.6 is 0 Å². The molecule has 0 radical (unpaired) electrons. The largest absolute Gasteiger partial charge is 0.444 e. The average Bonchev–Trinajstić information content (AvgIpc) is 3.01. The average molecular weight is 331 g/mol. The first kappa shape index (κ1) is 16.6. The Morgan fingerprint density at radius 1 is 1.12 bits per heavy atom. The molecule has 1 heterocycles. The number of carbonyl (C=O) groups excluding carboxylic acids is 3. The molecule has 1 aromatic rings. The summed E-state index contributed by atoms with van der Waals surface area (Å²) in [5, 5.41) is 2.74. The minimum absolute atomic E-state index is 0.193. The Hall–Kier alpha value is -2.21. The third kappa shape index (κ3) is 3.06. The zero-order valence-electron chi connectivity index (χ0n) is 14.0. The highest BCUT2D eigenvalue weighted by atomic mass is 16.6. The lowest BCUT2D eigenvalue weighted by molar-refractivity contribution is 0.0476. The maximum atomic E-state index is 12.6. The predicted octanol–water partition coefficient (Wildman–Crippen LogP) is 2.22. The molecule has 6 nitrogen and oxygen atoms in total. The Labute approximate surface area is 140 Å². The SMILES string of the molecule is CC(C)(C)OC(=O)NC1COCC1C1C(=O)c2ccccc2C1=O. The van der Waals surface area contributed by atoms with Gasteiger partial charge in [0.15, 0.2) is 11.6 Å². The Bertz CT molecular complexity index is 656. The number of rotatable bonds is 2. The van der Waals surface area contributed by atoms with Gasteiger partial charge in [-0.15, -0.1) is 0 Å². The molecule has 1 aliphatic heterocycles. The van der Waals surface area contributed by atoms with Crippen LogP contribution in [0.25, 0.3) is 0 Å². The van der Waals surface area contributed by atoms with E-state index in [2.05, 4.69) is 5.32 Å². The zero-order chi connectivity index (χ0) is 17.5. The molecule has 24 heavy (non-hydrogen) atoms. The van der Waals surface area contributed by atoms with E-state index in [1.807, 2.05) is 0 Å².